The highest BCUT2D eigenvalue weighted by molar-refractivity contribution is 5.81. The van der Waals surface area contributed by atoms with E-state index in [0.29, 0.717) is 18.0 Å². The molecule has 116 valence electrons. The molecule has 0 radical (unpaired) electrons. The summed E-state index contributed by atoms with van der Waals surface area (Å²) in [7, 11) is 0. The molecule has 2 fully saturated rings. The summed E-state index contributed by atoms with van der Waals surface area (Å²) in [6, 6.07) is 0.680. The van der Waals surface area contributed by atoms with E-state index >= 15 is 0 Å². The zero-order valence-corrected chi connectivity index (χ0v) is 13.0. The molecule has 2 aliphatic rings. The van der Waals surface area contributed by atoms with Crippen molar-refractivity contribution in [2.45, 2.75) is 76.9 Å². The molecule has 1 saturated heterocycles. The molecule has 0 spiro atoms. The lowest BCUT2D eigenvalue weighted by molar-refractivity contribution is -0.124. The van der Waals surface area contributed by atoms with E-state index in [1.54, 1.807) is 0 Å². The van der Waals surface area contributed by atoms with Gasteiger partial charge in [0.25, 0.3) is 0 Å². The zero-order chi connectivity index (χ0) is 14.4. The fourth-order valence-electron chi connectivity index (χ4n) is 3.40. The van der Waals surface area contributed by atoms with Crippen LogP contribution < -0.4 is 10.6 Å². The third-order valence-electron chi connectivity index (χ3n) is 4.83. The average molecular weight is 282 g/mol. The Balaban J connectivity index is 1.71. The van der Waals surface area contributed by atoms with Crippen LogP contribution in [0.25, 0.3) is 0 Å². The number of hydrogen-bond acceptors (Lipinski definition) is 3. The molecule has 1 aliphatic carbocycles. The number of ether oxygens (including phenoxy) is 1. The minimum atomic E-state index is -0.102. The summed E-state index contributed by atoms with van der Waals surface area (Å²) >= 11 is 0. The van der Waals surface area contributed by atoms with Gasteiger partial charge in [-0.15, -0.1) is 0 Å². The first-order valence-electron chi connectivity index (χ1n) is 8.31. The number of carbonyl (C=O) groups is 1. The molecule has 0 aromatic heterocycles. The lowest BCUT2D eigenvalue weighted by Gasteiger charge is -2.31. The van der Waals surface area contributed by atoms with E-state index in [4.69, 9.17) is 4.74 Å². The van der Waals surface area contributed by atoms with Gasteiger partial charge in [0.2, 0.25) is 5.91 Å². The molecule has 0 aromatic carbocycles. The minimum Gasteiger partial charge on any atom is -0.381 e. The molecule has 4 nitrogen and oxygen atoms in total. The molecule has 20 heavy (non-hydrogen) atoms. The highest BCUT2D eigenvalue weighted by Gasteiger charge is 2.25. The predicted molar refractivity (Wildman–Crippen MR) is 80.6 cm³/mol. The Morgan fingerprint density at radius 2 is 1.70 bits per heavy atom. The van der Waals surface area contributed by atoms with Crippen LogP contribution >= 0.6 is 0 Å². The topological polar surface area (TPSA) is 50.4 Å². The van der Waals surface area contributed by atoms with Crippen molar-refractivity contribution in [3.05, 3.63) is 0 Å². The second kappa shape index (κ2) is 7.99. The third-order valence-corrected chi connectivity index (χ3v) is 4.83. The molecule has 2 atom stereocenters. The van der Waals surface area contributed by atoms with Gasteiger partial charge in [-0.2, -0.15) is 0 Å². The van der Waals surface area contributed by atoms with E-state index in [0.717, 1.165) is 38.9 Å². The minimum absolute atomic E-state index is 0.102. The molecular formula is C16H30N2O2. The molecule has 0 aromatic rings. The van der Waals surface area contributed by atoms with Gasteiger partial charge in [-0.25, -0.2) is 0 Å². The Labute approximate surface area is 123 Å². The average Bonchev–Trinajstić information content (AvgIpc) is 2.49. The molecular weight excluding hydrogens is 252 g/mol. The van der Waals surface area contributed by atoms with E-state index in [2.05, 4.69) is 17.6 Å². The van der Waals surface area contributed by atoms with Crippen LogP contribution in [0, 0.1) is 5.92 Å². The van der Waals surface area contributed by atoms with Gasteiger partial charge in [-0.3, -0.25) is 4.79 Å². The van der Waals surface area contributed by atoms with E-state index in [-0.39, 0.29) is 11.9 Å². The van der Waals surface area contributed by atoms with Gasteiger partial charge in [0, 0.05) is 25.3 Å². The van der Waals surface area contributed by atoms with Gasteiger partial charge in [0.1, 0.15) is 0 Å². The molecule has 1 saturated carbocycles. The Hall–Kier alpha value is -0.610. The summed E-state index contributed by atoms with van der Waals surface area (Å²) in [5, 5.41) is 6.67. The van der Waals surface area contributed by atoms with Crippen LogP contribution in [0.1, 0.15) is 58.8 Å². The van der Waals surface area contributed by atoms with Gasteiger partial charge in [0.05, 0.1) is 6.04 Å². The predicted octanol–water partition coefficient (Wildman–Crippen LogP) is 2.23. The first kappa shape index (κ1) is 15.8. The molecule has 4 heteroatoms. The highest BCUT2D eigenvalue weighted by atomic mass is 16.5. The zero-order valence-electron chi connectivity index (χ0n) is 13.0. The van der Waals surface area contributed by atoms with Gasteiger partial charge in [0.15, 0.2) is 0 Å². The largest absolute Gasteiger partial charge is 0.381 e. The Morgan fingerprint density at radius 3 is 2.35 bits per heavy atom. The van der Waals surface area contributed by atoms with Crippen LogP contribution in [0.4, 0.5) is 0 Å². The van der Waals surface area contributed by atoms with Crippen LogP contribution in [-0.4, -0.2) is 37.2 Å². The van der Waals surface area contributed by atoms with Gasteiger partial charge >= 0.3 is 0 Å². The smallest absolute Gasteiger partial charge is 0.237 e. The van der Waals surface area contributed by atoms with Crippen LogP contribution in [-0.2, 0) is 9.53 Å². The molecule has 2 unspecified atom stereocenters. The Morgan fingerprint density at radius 1 is 1.05 bits per heavy atom. The normalized spacial score (nSPS) is 25.1. The van der Waals surface area contributed by atoms with E-state index < -0.39 is 0 Å². The van der Waals surface area contributed by atoms with Crippen molar-refractivity contribution in [2.75, 3.05) is 13.2 Å². The van der Waals surface area contributed by atoms with Gasteiger partial charge in [-0.1, -0.05) is 19.3 Å². The number of rotatable bonds is 5. The molecule has 2 rings (SSSR count). The third kappa shape index (κ3) is 4.74. The van der Waals surface area contributed by atoms with Crippen molar-refractivity contribution in [3.8, 4) is 0 Å². The van der Waals surface area contributed by atoms with Crippen molar-refractivity contribution < 1.29 is 9.53 Å². The highest BCUT2D eigenvalue weighted by Crippen LogP contribution is 2.19. The lowest BCUT2D eigenvalue weighted by Crippen LogP contribution is -2.51. The number of nitrogens with one attached hydrogen (secondary N) is 2. The number of carbonyl (C=O) groups excluding carboxylic acids is 1. The molecule has 1 amide bonds. The molecule has 2 N–H and O–H groups in total. The van der Waals surface area contributed by atoms with Crippen LogP contribution in [0.2, 0.25) is 0 Å². The summed E-state index contributed by atoms with van der Waals surface area (Å²) in [4.78, 5) is 12.2. The summed E-state index contributed by atoms with van der Waals surface area (Å²) in [5.74, 6) is 0.796. The maximum atomic E-state index is 12.2. The van der Waals surface area contributed by atoms with E-state index in [1.165, 1.54) is 19.3 Å². The lowest BCUT2D eigenvalue weighted by atomic mass is 9.92. The fraction of sp³-hybridized carbons (Fsp3) is 0.938. The van der Waals surface area contributed by atoms with Crippen molar-refractivity contribution in [1.29, 1.82) is 0 Å². The van der Waals surface area contributed by atoms with Crippen molar-refractivity contribution >= 4 is 5.91 Å². The first-order valence-corrected chi connectivity index (χ1v) is 8.31. The van der Waals surface area contributed by atoms with Crippen LogP contribution in [0.5, 0.6) is 0 Å². The Kier molecular flexibility index (Phi) is 6.30. The number of hydrogen-bond donors (Lipinski definition) is 2. The van der Waals surface area contributed by atoms with Crippen LogP contribution in [0.15, 0.2) is 0 Å². The molecule has 1 heterocycles. The molecule has 1 aliphatic heterocycles. The standard InChI is InChI=1S/C16H30N2O2/c1-12(14-8-10-20-11-9-14)17-13(2)16(19)18-15-6-4-3-5-7-15/h12-15,17H,3-11H2,1-2H3,(H,18,19). The quantitative estimate of drug-likeness (QED) is 0.813. The maximum absolute atomic E-state index is 12.2. The van der Waals surface area contributed by atoms with Gasteiger partial charge in [-0.05, 0) is 45.4 Å². The van der Waals surface area contributed by atoms with Crippen LogP contribution in [0.3, 0.4) is 0 Å². The second-order valence-electron chi connectivity index (χ2n) is 6.47. The first-order chi connectivity index (χ1) is 9.66. The maximum Gasteiger partial charge on any atom is 0.237 e. The summed E-state index contributed by atoms with van der Waals surface area (Å²) < 4.78 is 5.40. The van der Waals surface area contributed by atoms with Gasteiger partial charge < -0.3 is 15.4 Å². The van der Waals surface area contributed by atoms with Crippen molar-refractivity contribution in [2.24, 2.45) is 5.92 Å². The van der Waals surface area contributed by atoms with Crippen molar-refractivity contribution in [1.82, 2.24) is 10.6 Å². The van der Waals surface area contributed by atoms with Crippen molar-refractivity contribution in [3.63, 3.8) is 0 Å². The summed E-state index contributed by atoms with van der Waals surface area (Å²) in [5.41, 5.74) is 0. The fourth-order valence-corrected chi connectivity index (χ4v) is 3.40. The second-order valence-corrected chi connectivity index (χ2v) is 6.47. The van der Waals surface area contributed by atoms with E-state index in [9.17, 15) is 4.79 Å². The SMILES string of the molecule is CC(NC(C)C1CCOCC1)C(=O)NC1CCCCC1. The monoisotopic (exact) mass is 282 g/mol. The Bertz CT molecular complexity index is 297. The number of amides is 1. The summed E-state index contributed by atoms with van der Waals surface area (Å²) in [6.07, 6.45) is 8.33. The summed E-state index contributed by atoms with van der Waals surface area (Å²) in [6.45, 7) is 5.90. The molecule has 0 bridgehead atoms. The van der Waals surface area contributed by atoms with E-state index in [1.807, 2.05) is 6.92 Å².